The maximum absolute atomic E-state index is 5.95. The number of fused-ring (bicyclic) bond motifs is 1. The van der Waals surface area contributed by atoms with Gasteiger partial charge in [-0.1, -0.05) is 18.2 Å². The normalized spacial score (nSPS) is 20.0. The summed E-state index contributed by atoms with van der Waals surface area (Å²) in [6, 6.07) is 7.76. The molecule has 4 rings (SSSR count). The minimum absolute atomic E-state index is 0.677. The van der Waals surface area contributed by atoms with Crippen molar-refractivity contribution in [1.82, 2.24) is 0 Å². The number of hydrogen-bond acceptors (Lipinski definition) is 4. The number of hydrogen-bond donors (Lipinski definition) is 0. The predicted octanol–water partition coefficient (Wildman–Crippen LogP) is 3.51. The lowest BCUT2D eigenvalue weighted by molar-refractivity contribution is 0.401. The van der Waals surface area contributed by atoms with Gasteiger partial charge in [0.2, 0.25) is 0 Å². The summed E-state index contributed by atoms with van der Waals surface area (Å²) in [5.41, 5.74) is 2.68. The van der Waals surface area contributed by atoms with Gasteiger partial charge >= 0.3 is 0 Å². The molecular weight excluding hydrogens is 214 g/mol. The van der Waals surface area contributed by atoms with E-state index in [1.54, 1.807) is 0 Å². The summed E-state index contributed by atoms with van der Waals surface area (Å²) in [4.78, 5) is 4.52. The molecule has 0 aromatic heterocycles. The third kappa shape index (κ3) is 1.21. The van der Waals surface area contributed by atoms with E-state index in [9.17, 15) is 0 Å². The van der Waals surface area contributed by atoms with Crippen LogP contribution in [-0.4, -0.2) is 5.84 Å². The highest BCUT2D eigenvalue weighted by Crippen LogP contribution is 2.40. The van der Waals surface area contributed by atoms with Gasteiger partial charge in [0.05, 0.1) is 11.3 Å². The van der Waals surface area contributed by atoms with Crippen molar-refractivity contribution in [2.24, 2.45) is 15.2 Å². The maximum Gasteiger partial charge on any atom is 0.188 e. The SMILES string of the molecule is C1=C2N=NC3=Nc4ccccc4OC(=C23)CC1. The Morgan fingerprint density at radius 2 is 2.06 bits per heavy atom. The van der Waals surface area contributed by atoms with Gasteiger partial charge in [-0.15, -0.1) is 10.2 Å². The molecule has 0 N–H and O–H groups in total. The lowest BCUT2D eigenvalue weighted by atomic mass is 10.0. The third-order valence-electron chi connectivity index (χ3n) is 3.04. The molecule has 0 spiro atoms. The van der Waals surface area contributed by atoms with Gasteiger partial charge in [-0.2, -0.15) is 0 Å². The number of amidine groups is 1. The molecule has 0 unspecified atom stereocenters. The van der Waals surface area contributed by atoms with E-state index < -0.39 is 0 Å². The van der Waals surface area contributed by atoms with Crippen molar-refractivity contribution in [2.75, 3.05) is 0 Å². The number of ether oxygens (including phenoxy) is 1. The molecule has 0 fully saturated rings. The second-order valence-electron chi connectivity index (χ2n) is 4.13. The third-order valence-corrected chi connectivity index (χ3v) is 3.04. The van der Waals surface area contributed by atoms with Crippen molar-refractivity contribution in [1.29, 1.82) is 0 Å². The zero-order valence-electron chi connectivity index (χ0n) is 9.05. The van der Waals surface area contributed by atoms with Crippen molar-refractivity contribution >= 4 is 11.5 Å². The van der Waals surface area contributed by atoms with Crippen LogP contribution in [0, 0.1) is 0 Å². The number of para-hydroxylation sites is 2. The summed E-state index contributed by atoms with van der Waals surface area (Å²) in [5.74, 6) is 2.42. The molecule has 17 heavy (non-hydrogen) atoms. The Kier molecular flexibility index (Phi) is 1.63. The molecule has 3 aliphatic rings. The van der Waals surface area contributed by atoms with Crippen LogP contribution in [0.2, 0.25) is 0 Å². The van der Waals surface area contributed by atoms with E-state index >= 15 is 0 Å². The van der Waals surface area contributed by atoms with Crippen molar-refractivity contribution in [3.63, 3.8) is 0 Å². The molecule has 1 aromatic carbocycles. The lowest BCUT2D eigenvalue weighted by Crippen LogP contribution is -2.07. The van der Waals surface area contributed by atoms with E-state index in [1.165, 1.54) is 0 Å². The summed E-state index contributed by atoms with van der Waals surface area (Å²) in [6.45, 7) is 0. The molecule has 0 saturated carbocycles. The molecule has 0 radical (unpaired) electrons. The Hall–Kier alpha value is -2.23. The summed E-state index contributed by atoms with van der Waals surface area (Å²) < 4.78 is 5.95. The molecular formula is C13H9N3O. The topological polar surface area (TPSA) is 46.3 Å². The number of azo groups is 1. The first-order valence-electron chi connectivity index (χ1n) is 5.63. The molecule has 1 aliphatic carbocycles. The Morgan fingerprint density at radius 3 is 3.06 bits per heavy atom. The zero-order chi connectivity index (χ0) is 11.2. The highest BCUT2D eigenvalue weighted by atomic mass is 16.5. The number of rotatable bonds is 0. The molecule has 0 bridgehead atoms. The molecule has 0 saturated heterocycles. The van der Waals surface area contributed by atoms with Crippen molar-refractivity contribution in [3.8, 4) is 5.75 Å². The molecule has 0 amide bonds. The molecule has 82 valence electrons. The van der Waals surface area contributed by atoms with Gasteiger partial charge in [-0.25, -0.2) is 4.99 Å². The molecule has 2 aliphatic heterocycles. The van der Waals surface area contributed by atoms with Crippen LogP contribution in [0.3, 0.4) is 0 Å². The van der Waals surface area contributed by atoms with Crippen molar-refractivity contribution in [3.05, 3.63) is 47.4 Å². The van der Waals surface area contributed by atoms with Crippen molar-refractivity contribution < 1.29 is 4.74 Å². The van der Waals surface area contributed by atoms with E-state index in [0.29, 0.717) is 5.84 Å². The summed E-state index contributed by atoms with van der Waals surface area (Å²) in [7, 11) is 0. The van der Waals surface area contributed by atoms with Crippen molar-refractivity contribution in [2.45, 2.75) is 12.8 Å². The van der Waals surface area contributed by atoms with E-state index in [2.05, 4.69) is 21.3 Å². The minimum Gasteiger partial charge on any atom is -0.459 e. The number of aliphatic imine (C=N–C) groups is 1. The quantitative estimate of drug-likeness (QED) is 0.663. The van der Waals surface area contributed by atoms with Crippen LogP contribution in [-0.2, 0) is 0 Å². The van der Waals surface area contributed by atoms with Crippen LogP contribution in [0.5, 0.6) is 5.75 Å². The van der Waals surface area contributed by atoms with Gasteiger partial charge in [0.25, 0.3) is 0 Å². The van der Waals surface area contributed by atoms with E-state index in [1.807, 2.05) is 24.3 Å². The van der Waals surface area contributed by atoms with Crippen LogP contribution < -0.4 is 4.74 Å². The summed E-state index contributed by atoms with van der Waals surface area (Å²) in [5, 5.41) is 8.26. The first-order valence-corrected chi connectivity index (χ1v) is 5.63. The molecule has 1 aromatic rings. The van der Waals surface area contributed by atoms with Crippen LogP contribution in [0.25, 0.3) is 0 Å². The minimum atomic E-state index is 0.677. The van der Waals surface area contributed by atoms with Gasteiger partial charge in [0, 0.05) is 6.42 Å². The van der Waals surface area contributed by atoms with Crippen LogP contribution in [0.15, 0.2) is 62.6 Å². The fraction of sp³-hybridized carbons (Fsp3) is 0.154. The van der Waals surface area contributed by atoms with Gasteiger partial charge in [0.15, 0.2) is 11.6 Å². The fourth-order valence-electron chi connectivity index (χ4n) is 2.25. The highest BCUT2D eigenvalue weighted by Gasteiger charge is 2.29. The average Bonchev–Trinajstić information content (AvgIpc) is 2.68. The van der Waals surface area contributed by atoms with Crippen LogP contribution >= 0.6 is 0 Å². The number of nitrogens with zero attached hydrogens (tertiary/aromatic N) is 3. The lowest BCUT2D eigenvalue weighted by Gasteiger charge is -2.14. The van der Waals surface area contributed by atoms with Crippen LogP contribution in [0.4, 0.5) is 5.69 Å². The molecule has 2 heterocycles. The standard InChI is InChI=1S/C13H9N3O/c1-2-6-10-8(4-1)14-13-12-9(15-16-13)5-3-7-11(12)17-10/h1-2,4-6H,3,7H2. The fourth-order valence-corrected chi connectivity index (χ4v) is 2.25. The predicted molar refractivity (Wildman–Crippen MR) is 63.4 cm³/mol. The van der Waals surface area contributed by atoms with Crippen LogP contribution in [0.1, 0.15) is 12.8 Å². The largest absolute Gasteiger partial charge is 0.459 e. The first kappa shape index (κ1) is 8.87. The Labute approximate surface area is 98.0 Å². The Bertz CT molecular complexity index is 638. The number of allylic oxidation sites excluding steroid dienone is 2. The second kappa shape index (κ2) is 3.13. The molecule has 4 nitrogen and oxygen atoms in total. The van der Waals surface area contributed by atoms with E-state index in [0.717, 1.165) is 41.3 Å². The summed E-state index contributed by atoms with van der Waals surface area (Å²) >= 11 is 0. The number of benzene rings is 1. The molecule has 4 heteroatoms. The zero-order valence-corrected chi connectivity index (χ0v) is 9.05. The van der Waals surface area contributed by atoms with Gasteiger partial charge in [-0.3, -0.25) is 0 Å². The second-order valence-corrected chi connectivity index (χ2v) is 4.13. The molecule has 0 atom stereocenters. The van der Waals surface area contributed by atoms with E-state index in [-0.39, 0.29) is 0 Å². The highest BCUT2D eigenvalue weighted by molar-refractivity contribution is 6.07. The Balaban J connectivity index is 1.99. The van der Waals surface area contributed by atoms with Gasteiger partial charge < -0.3 is 4.74 Å². The monoisotopic (exact) mass is 223 g/mol. The average molecular weight is 223 g/mol. The summed E-state index contributed by atoms with van der Waals surface area (Å²) in [6.07, 6.45) is 3.92. The van der Waals surface area contributed by atoms with Gasteiger partial charge in [0.1, 0.15) is 11.4 Å². The Morgan fingerprint density at radius 1 is 1.12 bits per heavy atom. The maximum atomic E-state index is 5.95. The van der Waals surface area contributed by atoms with E-state index in [4.69, 9.17) is 4.74 Å². The first-order chi connectivity index (χ1) is 8.42. The smallest absolute Gasteiger partial charge is 0.188 e. The van der Waals surface area contributed by atoms with Gasteiger partial charge in [-0.05, 0) is 18.6 Å².